The molecular formula is C11H23N3OS. The molecule has 2 aliphatic heterocycles. The van der Waals surface area contributed by atoms with E-state index in [1.807, 2.05) is 11.8 Å². The van der Waals surface area contributed by atoms with Gasteiger partial charge < -0.3 is 10.5 Å². The molecule has 2 N–H and O–H groups in total. The van der Waals surface area contributed by atoms with Gasteiger partial charge in [0.05, 0.1) is 13.2 Å². The predicted molar refractivity (Wildman–Crippen MR) is 69.0 cm³/mol. The summed E-state index contributed by atoms with van der Waals surface area (Å²) < 4.78 is 5.36. The first-order valence-corrected chi connectivity index (χ1v) is 7.37. The van der Waals surface area contributed by atoms with E-state index in [1.54, 1.807) is 0 Å². The van der Waals surface area contributed by atoms with Gasteiger partial charge >= 0.3 is 0 Å². The first-order chi connectivity index (χ1) is 7.90. The zero-order valence-corrected chi connectivity index (χ0v) is 10.8. The highest BCUT2D eigenvalue weighted by Gasteiger charge is 2.21. The minimum Gasteiger partial charge on any atom is -0.379 e. The molecule has 2 fully saturated rings. The van der Waals surface area contributed by atoms with Gasteiger partial charge in [-0.25, -0.2) is 0 Å². The van der Waals surface area contributed by atoms with E-state index < -0.39 is 0 Å². The number of hydrogen-bond acceptors (Lipinski definition) is 5. The standard InChI is InChI=1S/C11H23N3OS/c12-9-11-10-16-8-5-14(11)2-1-13-3-6-15-7-4-13/h11H,1-10,12H2. The third kappa shape index (κ3) is 3.60. The van der Waals surface area contributed by atoms with Crippen molar-refractivity contribution < 1.29 is 4.74 Å². The predicted octanol–water partition coefficient (Wildman–Crippen LogP) is -0.305. The van der Waals surface area contributed by atoms with Gasteiger partial charge in [-0.3, -0.25) is 9.80 Å². The van der Waals surface area contributed by atoms with Gasteiger partial charge in [-0.1, -0.05) is 0 Å². The lowest BCUT2D eigenvalue weighted by Gasteiger charge is -2.36. The van der Waals surface area contributed by atoms with Crippen molar-refractivity contribution in [1.82, 2.24) is 9.80 Å². The summed E-state index contributed by atoms with van der Waals surface area (Å²) in [6.45, 7) is 8.33. The molecule has 1 unspecified atom stereocenters. The summed E-state index contributed by atoms with van der Waals surface area (Å²) in [6.07, 6.45) is 0. The molecule has 2 rings (SSSR count). The molecule has 2 saturated heterocycles. The zero-order chi connectivity index (χ0) is 11.2. The Morgan fingerprint density at radius 3 is 2.75 bits per heavy atom. The van der Waals surface area contributed by atoms with Crippen LogP contribution in [0.2, 0.25) is 0 Å². The molecule has 2 heterocycles. The van der Waals surface area contributed by atoms with Gasteiger partial charge in [0.15, 0.2) is 0 Å². The molecule has 0 radical (unpaired) electrons. The van der Waals surface area contributed by atoms with Gasteiger partial charge in [-0.2, -0.15) is 11.8 Å². The SMILES string of the molecule is NCC1CSCCN1CCN1CCOCC1. The number of rotatable bonds is 4. The third-order valence-electron chi connectivity index (χ3n) is 3.43. The van der Waals surface area contributed by atoms with Crippen LogP contribution in [0.4, 0.5) is 0 Å². The van der Waals surface area contributed by atoms with Crippen LogP contribution >= 0.6 is 11.8 Å². The van der Waals surface area contributed by atoms with Crippen molar-refractivity contribution in [1.29, 1.82) is 0 Å². The van der Waals surface area contributed by atoms with Crippen molar-refractivity contribution in [3.05, 3.63) is 0 Å². The number of ether oxygens (including phenoxy) is 1. The Morgan fingerprint density at radius 1 is 1.19 bits per heavy atom. The number of thioether (sulfide) groups is 1. The van der Waals surface area contributed by atoms with Crippen molar-refractivity contribution in [2.45, 2.75) is 6.04 Å². The molecule has 0 aromatic rings. The zero-order valence-electron chi connectivity index (χ0n) is 9.94. The lowest BCUT2D eigenvalue weighted by Crippen LogP contribution is -2.50. The van der Waals surface area contributed by atoms with Gasteiger partial charge in [0.1, 0.15) is 0 Å². The van der Waals surface area contributed by atoms with Crippen LogP contribution < -0.4 is 5.73 Å². The summed E-state index contributed by atoms with van der Waals surface area (Å²) >= 11 is 2.04. The number of morpholine rings is 1. The first kappa shape index (κ1) is 12.6. The molecule has 0 aliphatic carbocycles. The van der Waals surface area contributed by atoms with Crippen LogP contribution in [0.3, 0.4) is 0 Å². The van der Waals surface area contributed by atoms with Crippen molar-refractivity contribution in [3.63, 3.8) is 0 Å². The van der Waals surface area contributed by atoms with E-state index in [2.05, 4.69) is 9.80 Å². The van der Waals surface area contributed by atoms with Crippen molar-refractivity contribution in [2.75, 3.05) is 64.0 Å². The minimum atomic E-state index is 0.597. The van der Waals surface area contributed by atoms with Gasteiger partial charge in [-0.15, -0.1) is 0 Å². The second-order valence-electron chi connectivity index (χ2n) is 4.45. The molecule has 0 amide bonds. The maximum atomic E-state index is 5.81. The molecule has 2 aliphatic rings. The van der Waals surface area contributed by atoms with Gasteiger partial charge in [0, 0.05) is 56.8 Å². The first-order valence-electron chi connectivity index (χ1n) is 6.22. The lowest BCUT2D eigenvalue weighted by molar-refractivity contribution is 0.0318. The molecule has 0 aromatic carbocycles. The number of nitrogens with two attached hydrogens (primary N) is 1. The second kappa shape index (κ2) is 6.81. The highest BCUT2D eigenvalue weighted by molar-refractivity contribution is 7.99. The molecule has 94 valence electrons. The normalized spacial score (nSPS) is 29.4. The smallest absolute Gasteiger partial charge is 0.0594 e. The molecule has 1 atom stereocenters. The Balaban J connectivity index is 1.70. The lowest BCUT2D eigenvalue weighted by atomic mass is 10.2. The maximum Gasteiger partial charge on any atom is 0.0594 e. The Morgan fingerprint density at radius 2 is 2.00 bits per heavy atom. The van der Waals surface area contributed by atoms with Crippen LogP contribution in [0.15, 0.2) is 0 Å². The Labute approximate surface area is 102 Å². The fourth-order valence-electron chi connectivity index (χ4n) is 2.30. The average Bonchev–Trinajstić information content (AvgIpc) is 2.38. The molecule has 0 saturated carbocycles. The van der Waals surface area contributed by atoms with Crippen LogP contribution in [-0.4, -0.2) is 79.8 Å². The number of nitrogens with zero attached hydrogens (tertiary/aromatic N) is 2. The van der Waals surface area contributed by atoms with Crippen molar-refractivity contribution in [2.24, 2.45) is 5.73 Å². The van der Waals surface area contributed by atoms with Gasteiger partial charge in [0.2, 0.25) is 0 Å². The van der Waals surface area contributed by atoms with E-state index in [0.29, 0.717) is 6.04 Å². The Kier molecular flexibility index (Phi) is 5.38. The molecule has 4 nitrogen and oxygen atoms in total. The highest BCUT2D eigenvalue weighted by atomic mass is 32.2. The molecule has 0 bridgehead atoms. The maximum absolute atomic E-state index is 5.81. The van der Waals surface area contributed by atoms with Gasteiger partial charge in [0.25, 0.3) is 0 Å². The fraction of sp³-hybridized carbons (Fsp3) is 1.00. The fourth-order valence-corrected chi connectivity index (χ4v) is 3.44. The van der Waals surface area contributed by atoms with Crippen LogP contribution in [0.1, 0.15) is 0 Å². The van der Waals surface area contributed by atoms with Crippen molar-refractivity contribution >= 4 is 11.8 Å². The molecule has 5 heteroatoms. The minimum absolute atomic E-state index is 0.597. The van der Waals surface area contributed by atoms with E-state index in [1.165, 1.54) is 31.1 Å². The summed E-state index contributed by atoms with van der Waals surface area (Å²) in [7, 11) is 0. The molecule has 0 spiro atoms. The van der Waals surface area contributed by atoms with Gasteiger partial charge in [-0.05, 0) is 0 Å². The summed E-state index contributed by atoms with van der Waals surface area (Å²) in [5.74, 6) is 2.47. The highest BCUT2D eigenvalue weighted by Crippen LogP contribution is 2.15. The largest absolute Gasteiger partial charge is 0.379 e. The average molecular weight is 245 g/mol. The molecular weight excluding hydrogens is 222 g/mol. The van der Waals surface area contributed by atoms with E-state index in [-0.39, 0.29) is 0 Å². The molecule has 0 aromatic heterocycles. The summed E-state index contributed by atoms with van der Waals surface area (Å²) in [6, 6.07) is 0.597. The van der Waals surface area contributed by atoms with Crippen LogP contribution in [0, 0.1) is 0 Å². The van der Waals surface area contributed by atoms with E-state index in [0.717, 1.165) is 32.8 Å². The second-order valence-corrected chi connectivity index (χ2v) is 5.60. The third-order valence-corrected chi connectivity index (χ3v) is 4.52. The van der Waals surface area contributed by atoms with Crippen molar-refractivity contribution in [3.8, 4) is 0 Å². The van der Waals surface area contributed by atoms with E-state index >= 15 is 0 Å². The quantitative estimate of drug-likeness (QED) is 0.736. The van der Waals surface area contributed by atoms with Crippen LogP contribution in [0.5, 0.6) is 0 Å². The number of hydrogen-bond donors (Lipinski definition) is 1. The van der Waals surface area contributed by atoms with E-state index in [4.69, 9.17) is 10.5 Å². The topological polar surface area (TPSA) is 41.7 Å². The van der Waals surface area contributed by atoms with Crippen LogP contribution in [0.25, 0.3) is 0 Å². The summed E-state index contributed by atoms with van der Waals surface area (Å²) in [4.78, 5) is 5.06. The molecule has 16 heavy (non-hydrogen) atoms. The Bertz CT molecular complexity index is 200. The summed E-state index contributed by atoms with van der Waals surface area (Å²) in [5.41, 5.74) is 5.81. The summed E-state index contributed by atoms with van der Waals surface area (Å²) in [5, 5.41) is 0. The van der Waals surface area contributed by atoms with Crippen LogP contribution in [-0.2, 0) is 4.74 Å². The Hall–Kier alpha value is 0.190. The monoisotopic (exact) mass is 245 g/mol. The van der Waals surface area contributed by atoms with E-state index in [9.17, 15) is 0 Å².